The van der Waals surface area contributed by atoms with Gasteiger partial charge in [0.1, 0.15) is 5.75 Å². The molecule has 0 aliphatic rings. The Balaban J connectivity index is 1.80. The van der Waals surface area contributed by atoms with Crippen LogP contribution >= 0.6 is 8.60 Å². The predicted molar refractivity (Wildman–Crippen MR) is 145 cm³/mol. The fraction of sp³-hybridized carbons (Fsp3) is 0.724. The van der Waals surface area contributed by atoms with E-state index in [1.807, 2.05) is 37.3 Å². The summed E-state index contributed by atoms with van der Waals surface area (Å²) >= 11 is 0. The normalized spacial score (nSPS) is 13.4. The van der Waals surface area contributed by atoms with Crippen molar-refractivity contribution in [3.8, 4) is 5.75 Å². The van der Waals surface area contributed by atoms with Crippen LogP contribution < -0.4 is 4.52 Å². The Morgan fingerprint density at radius 3 is 1.76 bits per heavy atom. The number of allylic oxidation sites excluding steroid dienone is 2. The second-order valence-electron chi connectivity index (χ2n) is 9.35. The number of hydrogen-bond donors (Lipinski definition) is 1. The van der Waals surface area contributed by atoms with Gasteiger partial charge in [-0.05, 0) is 51.2 Å². The van der Waals surface area contributed by atoms with Crippen molar-refractivity contribution in [2.24, 2.45) is 0 Å². The van der Waals surface area contributed by atoms with Crippen molar-refractivity contribution in [2.45, 2.75) is 136 Å². The molecule has 3 nitrogen and oxygen atoms in total. The van der Waals surface area contributed by atoms with Crippen LogP contribution in [0.4, 0.5) is 0 Å². The minimum Gasteiger partial charge on any atom is -0.427 e. The minimum absolute atomic E-state index is 0.0321. The van der Waals surface area contributed by atoms with Gasteiger partial charge in [0, 0.05) is 0 Å². The summed E-state index contributed by atoms with van der Waals surface area (Å²) in [5, 5.41) is 0. The Hall–Kier alpha value is -0.890. The van der Waals surface area contributed by atoms with Gasteiger partial charge in [-0.1, -0.05) is 121 Å². The molecule has 0 heterocycles. The van der Waals surface area contributed by atoms with Gasteiger partial charge < -0.3 is 9.42 Å². The van der Waals surface area contributed by atoms with Crippen molar-refractivity contribution >= 4 is 8.60 Å². The van der Waals surface area contributed by atoms with E-state index in [4.69, 9.17) is 9.05 Å². The van der Waals surface area contributed by atoms with Crippen molar-refractivity contribution in [1.82, 2.24) is 0 Å². The molecular weight excluding hydrogens is 427 g/mol. The molecule has 0 aromatic heterocycles. The molecule has 0 bridgehead atoms. The lowest BCUT2D eigenvalue weighted by molar-refractivity contribution is 0.178. The highest BCUT2D eigenvalue weighted by molar-refractivity contribution is 7.41. The molecule has 1 aromatic carbocycles. The van der Waals surface area contributed by atoms with Crippen molar-refractivity contribution < 1.29 is 13.9 Å². The predicted octanol–water partition coefficient (Wildman–Crippen LogP) is 10.3. The van der Waals surface area contributed by atoms with Gasteiger partial charge >= 0.3 is 8.60 Å². The first-order valence-electron chi connectivity index (χ1n) is 13.8. The number of para-hydroxylation sites is 1. The van der Waals surface area contributed by atoms with E-state index < -0.39 is 8.60 Å². The number of unbranched alkanes of at least 4 members (excludes halogenated alkanes) is 15. The Morgan fingerprint density at radius 2 is 1.21 bits per heavy atom. The van der Waals surface area contributed by atoms with Gasteiger partial charge in [0.15, 0.2) is 0 Å². The summed E-state index contributed by atoms with van der Waals surface area (Å²) in [6.45, 7) is 4.30. The van der Waals surface area contributed by atoms with Crippen molar-refractivity contribution in [3.63, 3.8) is 0 Å². The van der Waals surface area contributed by atoms with Crippen LogP contribution in [0.25, 0.3) is 0 Å². The molecule has 2 unspecified atom stereocenters. The number of hydrogen-bond acceptors (Lipinski definition) is 3. The summed E-state index contributed by atoms with van der Waals surface area (Å²) in [5.74, 6) is 0.651. The van der Waals surface area contributed by atoms with Gasteiger partial charge in [0.05, 0.1) is 6.10 Å². The zero-order valence-electron chi connectivity index (χ0n) is 21.6. The smallest absolute Gasteiger partial charge is 0.394 e. The second kappa shape index (κ2) is 22.9. The van der Waals surface area contributed by atoms with Gasteiger partial charge in [0.25, 0.3) is 0 Å². The molecule has 1 rings (SSSR count). The summed E-state index contributed by atoms with van der Waals surface area (Å²) in [4.78, 5) is 9.95. The Labute approximate surface area is 206 Å². The molecule has 2 atom stereocenters. The van der Waals surface area contributed by atoms with E-state index in [0.717, 1.165) is 12.8 Å². The first-order chi connectivity index (χ1) is 16.2. The molecule has 0 amide bonds. The van der Waals surface area contributed by atoms with Crippen LogP contribution in [0.15, 0.2) is 42.5 Å². The molecule has 0 saturated heterocycles. The van der Waals surface area contributed by atoms with E-state index in [0.29, 0.717) is 5.75 Å². The molecular formula is C29H51O3P. The third kappa shape index (κ3) is 20.2. The van der Waals surface area contributed by atoms with E-state index in [9.17, 15) is 4.89 Å². The summed E-state index contributed by atoms with van der Waals surface area (Å²) in [7, 11) is -1.85. The lowest BCUT2D eigenvalue weighted by Crippen LogP contribution is -2.06. The van der Waals surface area contributed by atoms with Crippen LogP contribution in [0.3, 0.4) is 0 Å². The Kier molecular flexibility index (Phi) is 20.9. The van der Waals surface area contributed by atoms with Crippen LogP contribution in [0, 0.1) is 0 Å². The number of benzene rings is 1. The molecule has 0 spiro atoms. The van der Waals surface area contributed by atoms with Crippen molar-refractivity contribution in [2.75, 3.05) is 0 Å². The molecule has 0 saturated carbocycles. The van der Waals surface area contributed by atoms with Gasteiger partial charge in [0.2, 0.25) is 0 Å². The maximum absolute atomic E-state index is 9.95. The molecule has 190 valence electrons. The van der Waals surface area contributed by atoms with Gasteiger partial charge in [-0.25, -0.2) is 0 Å². The second-order valence-corrected chi connectivity index (χ2v) is 10.2. The van der Waals surface area contributed by atoms with E-state index >= 15 is 0 Å². The molecule has 4 heteroatoms. The zero-order chi connectivity index (χ0) is 23.8. The zero-order valence-corrected chi connectivity index (χ0v) is 22.5. The third-order valence-electron chi connectivity index (χ3n) is 6.07. The summed E-state index contributed by atoms with van der Waals surface area (Å²) in [6.07, 6.45) is 28.7. The lowest BCUT2D eigenvalue weighted by atomic mass is 10.0. The first-order valence-corrected chi connectivity index (χ1v) is 14.9. The van der Waals surface area contributed by atoms with E-state index in [1.54, 1.807) is 0 Å². The van der Waals surface area contributed by atoms with Gasteiger partial charge in [-0.2, -0.15) is 0 Å². The fourth-order valence-electron chi connectivity index (χ4n) is 4.01. The minimum atomic E-state index is -1.85. The van der Waals surface area contributed by atoms with Crippen LogP contribution in [-0.2, 0) is 4.52 Å². The summed E-state index contributed by atoms with van der Waals surface area (Å²) in [6, 6.07) is 9.35. The van der Waals surface area contributed by atoms with E-state index in [-0.39, 0.29) is 6.10 Å². The van der Waals surface area contributed by atoms with Gasteiger partial charge in [-0.15, -0.1) is 0 Å². The standard InChI is InChI=1S/C29H51O3P/c1-3-4-5-6-7-8-9-10-11-12-13-14-15-16-17-18-19-20-22-25-28(2)31-33(30)32-29-26-23-21-24-27-29/h10-11,21,23-24,26-28,30H,3-9,12-20,22,25H2,1-2H3. The lowest BCUT2D eigenvalue weighted by Gasteiger charge is -2.16. The highest BCUT2D eigenvalue weighted by atomic mass is 31.2. The van der Waals surface area contributed by atoms with E-state index in [1.165, 1.54) is 103 Å². The maximum Gasteiger partial charge on any atom is 0.394 e. The molecule has 0 aliphatic heterocycles. The monoisotopic (exact) mass is 478 g/mol. The highest BCUT2D eigenvalue weighted by Crippen LogP contribution is 2.36. The Morgan fingerprint density at radius 1 is 0.727 bits per heavy atom. The third-order valence-corrected chi connectivity index (χ3v) is 6.98. The fourth-order valence-corrected chi connectivity index (χ4v) is 4.77. The molecule has 0 fully saturated rings. The molecule has 1 aromatic rings. The highest BCUT2D eigenvalue weighted by Gasteiger charge is 2.13. The SMILES string of the molecule is CCCCCCCCC=CCCCCCCCCCCCC(C)OP(O)Oc1ccccc1. The van der Waals surface area contributed by atoms with Crippen molar-refractivity contribution in [3.05, 3.63) is 42.5 Å². The van der Waals surface area contributed by atoms with Crippen LogP contribution in [-0.4, -0.2) is 11.0 Å². The first kappa shape index (κ1) is 30.1. The molecule has 0 aliphatic carbocycles. The summed E-state index contributed by atoms with van der Waals surface area (Å²) in [5.41, 5.74) is 0. The average molecular weight is 479 g/mol. The number of rotatable bonds is 23. The molecule has 0 radical (unpaired) electrons. The quantitative estimate of drug-likeness (QED) is 0.0965. The topological polar surface area (TPSA) is 38.7 Å². The van der Waals surface area contributed by atoms with Crippen molar-refractivity contribution in [1.29, 1.82) is 0 Å². The Bertz CT molecular complexity index is 549. The van der Waals surface area contributed by atoms with Crippen LogP contribution in [0.5, 0.6) is 5.75 Å². The van der Waals surface area contributed by atoms with Crippen LogP contribution in [0.1, 0.15) is 129 Å². The van der Waals surface area contributed by atoms with Crippen LogP contribution in [0.2, 0.25) is 0 Å². The van der Waals surface area contributed by atoms with E-state index in [2.05, 4.69) is 19.1 Å². The maximum atomic E-state index is 9.95. The molecule has 1 N–H and O–H groups in total. The largest absolute Gasteiger partial charge is 0.427 e. The average Bonchev–Trinajstić information content (AvgIpc) is 2.81. The van der Waals surface area contributed by atoms with Gasteiger partial charge in [-0.3, -0.25) is 4.52 Å². The molecule has 33 heavy (non-hydrogen) atoms. The summed E-state index contributed by atoms with van der Waals surface area (Å²) < 4.78 is 11.0.